The molecule has 108 valence electrons. The molecule has 0 aliphatic carbocycles. The number of carbonyl (C=O) groups is 2. The highest BCUT2D eigenvalue weighted by Crippen LogP contribution is 1.96. The molecule has 1 rings (SSSR count). The molecule has 0 unspecified atom stereocenters. The van der Waals surface area contributed by atoms with Gasteiger partial charge in [0.05, 0.1) is 6.33 Å². The van der Waals surface area contributed by atoms with Gasteiger partial charge in [-0.1, -0.05) is 13.8 Å². The molecule has 1 aromatic rings. The van der Waals surface area contributed by atoms with Crippen LogP contribution in [0.3, 0.4) is 0 Å². The number of nitrogens with zero attached hydrogens (tertiary/aromatic N) is 1. The largest absolute Gasteiger partial charge is 0.480 e. The molecule has 0 radical (unpaired) electrons. The average molecular weight is 272 g/mol. The lowest BCUT2D eigenvalue weighted by Gasteiger charge is -2.07. The number of rotatable bonds is 5. The van der Waals surface area contributed by atoms with Gasteiger partial charge in [0.1, 0.15) is 12.1 Å². The maximum atomic E-state index is 10.3. The van der Waals surface area contributed by atoms with Gasteiger partial charge in [-0.15, -0.1) is 0 Å². The Morgan fingerprint density at radius 2 is 1.89 bits per heavy atom. The molecule has 0 aliphatic heterocycles. The van der Waals surface area contributed by atoms with Crippen molar-refractivity contribution in [2.45, 2.75) is 32.4 Å². The van der Waals surface area contributed by atoms with Crippen LogP contribution in [0.25, 0.3) is 0 Å². The highest BCUT2D eigenvalue weighted by molar-refractivity contribution is 5.73. The number of H-pyrrole nitrogens is 1. The molecular weight excluding hydrogens is 252 g/mol. The smallest absolute Gasteiger partial charge is 0.320 e. The lowest BCUT2D eigenvalue weighted by atomic mass is 10.1. The van der Waals surface area contributed by atoms with Crippen molar-refractivity contribution in [1.82, 2.24) is 9.97 Å². The summed E-state index contributed by atoms with van der Waals surface area (Å²) in [5.41, 5.74) is 11.2. The summed E-state index contributed by atoms with van der Waals surface area (Å²) in [4.78, 5) is 26.8. The van der Waals surface area contributed by atoms with Crippen LogP contribution in [0.5, 0.6) is 0 Å². The highest BCUT2D eigenvalue weighted by Gasteiger charge is 2.14. The summed E-state index contributed by atoms with van der Waals surface area (Å²) >= 11 is 0. The third-order valence-corrected chi connectivity index (χ3v) is 2.32. The van der Waals surface area contributed by atoms with Crippen LogP contribution in [0.1, 0.15) is 19.5 Å². The Labute approximate surface area is 110 Å². The van der Waals surface area contributed by atoms with E-state index >= 15 is 0 Å². The van der Waals surface area contributed by atoms with Crippen molar-refractivity contribution in [3.63, 3.8) is 0 Å². The molecule has 0 aromatic carbocycles. The second kappa shape index (κ2) is 8.22. The molecule has 1 heterocycles. The van der Waals surface area contributed by atoms with Crippen molar-refractivity contribution < 1.29 is 19.8 Å². The van der Waals surface area contributed by atoms with Crippen molar-refractivity contribution in [2.75, 3.05) is 0 Å². The van der Waals surface area contributed by atoms with Gasteiger partial charge in [0.15, 0.2) is 0 Å². The third-order valence-electron chi connectivity index (χ3n) is 2.32. The quantitative estimate of drug-likeness (QED) is 0.480. The van der Waals surface area contributed by atoms with Crippen LogP contribution >= 0.6 is 0 Å². The molecule has 0 bridgehead atoms. The van der Waals surface area contributed by atoms with Gasteiger partial charge in [-0.2, -0.15) is 0 Å². The fraction of sp³-hybridized carbons (Fsp3) is 0.545. The van der Waals surface area contributed by atoms with E-state index in [0.717, 1.165) is 5.69 Å². The zero-order valence-electron chi connectivity index (χ0n) is 10.9. The van der Waals surface area contributed by atoms with Crippen LogP contribution < -0.4 is 11.5 Å². The van der Waals surface area contributed by atoms with Crippen molar-refractivity contribution >= 4 is 11.9 Å². The second-order valence-electron chi connectivity index (χ2n) is 4.33. The molecule has 0 saturated carbocycles. The van der Waals surface area contributed by atoms with Crippen LogP contribution in [0.15, 0.2) is 12.5 Å². The van der Waals surface area contributed by atoms with Crippen LogP contribution in [-0.4, -0.2) is 44.2 Å². The summed E-state index contributed by atoms with van der Waals surface area (Å²) < 4.78 is 0. The lowest BCUT2D eigenvalue weighted by molar-refractivity contribution is -0.140. The number of hydrogen-bond donors (Lipinski definition) is 5. The van der Waals surface area contributed by atoms with E-state index in [4.69, 9.17) is 21.7 Å². The lowest BCUT2D eigenvalue weighted by Crippen LogP contribution is -2.34. The molecule has 19 heavy (non-hydrogen) atoms. The second-order valence-corrected chi connectivity index (χ2v) is 4.33. The Bertz CT molecular complexity index is 391. The predicted octanol–water partition coefficient (Wildman–Crippen LogP) is -0.582. The standard InChI is InChI=1S/C6H9N3O2.C5H11NO2/c7-5(6(10)11)1-4-2-8-3-9-4;1-3(2)4(6)5(7)8/h2-3,5H,1,7H2,(H,8,9)(H,10,11);3-4H,6H2,1-2H3,(H,7,8)/t5-;4-/m00/s1. The molecule has 1 aromatic heterocycles. The fourth-order valence-corrected chi connectivity index (χ4v) is 1.01. The van der Waals surface area contributed by atoms with Crippen LogP contribution in [0.2, 0.25) is 0 Å². The van der Waals surface area contributed by atoms with E-state index in [9.17, 15) is 9.59 Å². The number of carboxylic acid groups (broad SMARTS) is 2. The van der Waals surface area contributed by atoms with E-state index < -0.39 is 24.0 Å². The topological polar surface area (TPSA) is 155 Å². The van der Waals surface area contributed by atoms with Gasteiger partial charge >= 0.3 is 11.9 Å². The third kappa shape index (κ3) is 7.17. The minimum atomic E-state index is -1.00. The van der Waals surface area contributed by atoms with Crippen molar-refractivity contribution in [1.29, 1.82) is 0 Å². The number of hydrogen-bond acceptors (Lipinski definition) is 5. The molecule has 2 atom stereocenters. The first-order valence-electron chi connectivity index (χ1n) is 5.69. The van der Waals surface area contributed by atoms with Gasteiger partial charge in [0, 0.05) is 18.3 Å². The van der Waals surface area contributed by atoms with E-state index in [0.29, 0.717) is 0 Å². The van der Waals surface area contributed by atoms with Crippen molar-refractivity contribution in [3.05, 3.63) is 18.2 Å². The normalized spacial score (nSPS) is 13.3. The van der Waals surface area contributed by atoms with Gasteiger partial charge in [0.2, 0.25) is 0 Å². The van der Waals surface area contributed by atoms with Crippen LogP contribution in [0, 0.1) is 5.92 Å². The summed E-state index contributed by atoms with van der Waals surface area (Å²) in [7, 11) is 0. The van der Waals surface area contributed by atoms with Crippen LogP contribution in [-0.2, 0) is 16.0 Å². The maximum absolute atomic E-state index is 10.3. The Hall–Kier alpha value is -1.93. The number of aromatic amines is 1. The van der Waals surface area contributed by atoms with Crippen LogP contribution in [0.4, 0.5) is 0 Å². The minimum Gasteiger partial charge on any atom is -0.480 e. The van der Waals surface area contributed by atoms with Crippen molar-refractivity contribution in [3.8, 4) is 0 Å². The first-order valence-corrected chi connectivity index (χ1v) is 5.69. The van der Waals surface area contributed by atoms with Gasteiger partial charge < -0.3 is 26.7 Å². The Kier molecular flexibility index (Phi) is 7.39. The Morgan fingerprint density at radius 1 is 1.32 bits per heavy atom. The van der Waals surface area contributed by atoms with Crippen molar-refractivity contribution in [2.24, 2.45) is 17.4 Å². The molecule has 8 heteroatoms. The number of imidazole rings is 1. The summed E-state index contributed by atoms with van der Waals surface area (Å²) in [5.74, 6) is -1.91. The van der Waals surface area contributed by atoms with Gasteiger partial charge in [-0.3, -0.25) is 9.59 Å². The summed E-state index contributed by atoms with van der Waals surface area (Å²) in [6.45, 7) is 3.55. The Balaban J connectivity index is 0.000000362. The van der Waals surface area contributed by atoms with E-state index in [1.54, 1.807) is 20.0 Å². The van der Waals surface area contributed by atoms with E-state index in [1.165, 1.54) is 6.33 Å². The van der Waals surface area contributed by atoms with Gasteiger partial charge in [-0.05, 0) is 5.92 Å². The number of aromatic nitrogens is 2. The molecule has 0 aliphatic rings. The zero-order chi connectivity index (χ0) is 15.0. The van der Waals surface area contributed by atoms with E-state index in [2.05, 4.69) is 9.97 Å². The predicted molar refractivity (Wildman–Crippen MR) is 68.4 cm³/mol. The molecule has 0 fully saturated rings. The highest BCUT2D eigenvalue weighted by atomic mass is 16.4. The molecule has 0 amide bonds. The number of carboxylic acids is 2. The first-order chi connectivity index (χ1) is 8.75. The Morgan fingerprint density at radius 3 is 2.16 bits per heavy atom. The van der Waals surface area contributed by atoms with E-state index in [1.807, 2.05) is 0 Å². The molecule has 0 saturated heterocycles. The first kappa shape index (κ1) is 17.1. The monoisotopic (exact) mass is 272 g/mol. The zero-order valence-corrected chi connectivity index (χ0v) is 10.9. The van der Waals surface area contributed by atoms with Gasteiger partial charge in [-0.25, -0.2) is 4.98 Å². The van der Waals surface area contributed by atoms with E-state index in [-0.39, 0.29) is 12.3 Å². The molecular formula is C11H20N4O4. The molecule has 8 nitrogen and oxygen atoms in total. The molecule has 0 spiro atoms. The number of aliphatic carboxylic acids is 2. The SMILES string of the molecule is CC(C)[C@H](N)C(=O)O.N[C@@H](Cc1cnc[nH]1)C(=O)O. The number of nitrogens with one attached hydrogen (secondary N) is 1. The summed E-state index contributed by atoms with van der Waals surface area (Å²) in [6.07, 6.45) is 3.34. The summed E-state index contributed by atoms with van der Waals surface area (Å²) in [6, 6.07) is -1.56. The average Bonchev–Trinajstić information content (AvgIpc) is 2.81. The maximum Gasteiger partial charge on any atom is 0.320 e. The number of nitrogens with two attached hydrogens (primary N) is 2. The molecule has 7 N–H and O–H groups in total. The minimum absolute atomic E-state index is 0.0208. The van der Waals surface area contributed by atoms with Gasteiger partial charge in [0.25, 0.3) is 0 Å². The summed E-state index contributed by atoms with van der Waals surface area (Å²) in [5, 5.41) is 16.6. The fourth-order valence-electron chi connectivity index (χ4n) is 1.01.